The quantitative estimate of drug-likeness (QED) is 0.817. The van der Waals surface area contributed by atoms with Gasteiger partial charge in [0.25, 0.3) is 0 Å². The van der Waals surface area contributed by atoms with Crippen LogP contribution in [0.1, 0.15) is 13.3 Å². The lowest BCUT2D eigenvalue weighted by Gasteiger charge is -2.09. The van der Waals surface area contributed by atoms with E-state index >= 15 is 0 Å². The van der Waals surface area contributed by atoms with Crippen LogP contribution >= 0.6 is 39.1 Å². The molecule has 1 rings (SSSR count). The molecule has 1 unspecified atom stereocenters. The van der Waals surface area contributed by atoms with Gasteiger partial charge in [-0.1, -0.05) is 46.1 Å². The Balaban J connectivity index is 2.86. The normalized spacial score (nSPS) is 13.6. The Bertz CT molecular complexity index is 491. The number of rotatable bonds is 5. The van der Waals surface area contributed by atoms with E-state index in [0.717, 1.165) is 0 Å². The molecule has 17 heavy (non-hydrogen) atoms. The maximum atomic E-state index is 11.9. The van der Waals surface area contributed by atoms with Crippen molar-refractivity contribution >= 4 is 49.2 Å². The van der Waals surface area contributed by atoms with Gasteiger partial charge in [0.1, 0.15) is 4.90 Å². The van der Waals surface area contributed by atoms with E-state index in [-0.39, 0.29) is 14.7 Å². The summed E-state index contributed by atoms with van der Waals surface area (Å²) < 4.78 is 26.3. The minimum atomic E-state index is -3.60. The monoisotopic (exact) mass is 359 g/mol. The van der Waals surface area contributed by atoms with Gasteiger partial charge in [-0.15, -0.1) is 0 Å². The van der Waals surface area contributed by atoms with Gasteiger partial charge in [-0.25, -0.2) is 13.1 Å². The fourth-order valence-corrected chi connectivity index (χ4v) is 3.19. The molecule has 0 aliphatic carbocycles. The third-order valence-corrected chi connectivity index (χ3v) is 4.65. The van der Waals surface area contributed by atoms with Crippen LogP contribution in [0.4, 0.5) is 0 Å². The molecular weight excluding hydrogens is 349 g/mol. The fraction of sp³-hybridized carbons (Fsp3) is 0.400. The lowest BCUT2D eigenvalue weighted by molar-refractivity contribution is 0.579. The molecule has 0 aliphatic heterocycles. The molecule has 0 saturated carbocycles. The molecule has 1 N–H and O–H groups in total. The maximum absolute atomic E-state index is 11.9. The van der Waals surface area contributed by atoms with Gasteiger partial charge in [-0.3, -0.25) is 0 Å². The van der Waals surface area contributed by atoms with Crippen molar-refractivity contribution < 1.29 is 8.42 Å². The average molecular weight is 361 g/mol. The zero-order valence-electron chi connectivity index (χ0n) is 9.08. The van der Waals surface area contributed by atoms with Crippen molar-refractivity contribution in [2.75, 3.05) is 6.54 Å². The molecule has 0 amide bonds. The van der Waals surface area contributed by atoms with Crippen LogP contribution in [0.15, 0.2) is 23.1 Å². The Labute approximate surface area is 120 Å². The number of hydrogen-bond donors (Lipinski definition) is 1. The predicted molar refractivity (Wildman–Crippen MR) is 74.7 cm³/mol. The van der Waals surface area contributed by atoms with Crippen molar-refractivity contribution in [2.45, 2.75) is 23.1 Å². The van der Waals surface area contributed by atoms with Crippen molar-refractivity contribution in [1.82, 2.24) is 4.72 Å². The smallest absolute Gasteiger partial charge is 0.211 e. The van der Waals surface area contributed by atoms with Crippen LogP contribution in [-0.2, 0) is 10.0 Å². The standard InChI is InChI=1S/C10H12BrCl2NO2S/c1-7(11)4-5-14-17(15,16)10-6-8(12)2-3-9(10)13/h2-3,6-7,14H,4-5H2,1H3. The molecule has 0 fully saturated rings. The first-order chi connectivity index (χ1) is 7.83. The van der Waals surface area contributed by atoms with Gasteiger partial charge in [0.2, 0.25) is 10.0 Å². The van der Waals surface area contributed by atoms with Crippen molar-refractivity contribution in [3.8, 4) is 0 Å². The largest absolute Gasteiger partial charge is 0.242 e. The summed E-state index contributed by atoms with van der Waals surface area (Å²) in [6.07, 6.45) is 0.692. The highest BCUT2D eigenvalue weighted by molar-refractivity contribution is 9.09. The molecule has 0 bridgehead atoms. The van der Waals surface area contributed by atoms with Gasteiger partial charge in [0.15, 0.2) is 0 Å². The third kappa shape index (κ3) is 4.75. The first-order valence-corrected chi connectivity index (χ1v) is 8.07. The lowest BCUT2D eigenvalue weighted by Crippen LogP contribution is -2.26. The Morgan fingerprint density at radius 3 is 2.65 bits per heavy atom. The molecule has 0 radical (unpaired) electrons. The second-order valence-electron chi connectivity index (χ2n) is 3.54. The zero-order valence-corrected chi connectivity index (χ0v) is 13.0. The fourth-order valence-electron chi connectivity index (χ4n) is 1.15. The Morgan fingerprint density at radius 1 is 1.41 bits per heavy atom. The van der Waals surface area contributed by atoms with E-state index in [2.05, 4.69) is 20.7 Å². The highest BCUT2D eigenvalue weighted by Gasteiger charge is 2.17. The molecular formula is C10H12BrCl2NO2S. The van der Waals surface area contributed by atoms with Crippen LogP contribution in [0.2, 0.25) is 10.0 Å². The van der Waals surface area contributed by atoms with Crippen molar-refractivity contribution in [1.29, 1.82) is 0 Å². The summed E-state index contributed by atoms with van der Waals surface area (Å²) in [6, 6.07) is 4.35. The molecule has 1 aromatic carbocycles. The molecule has 0 aromatic heterocycles. The van der Waals surface area contributed by atoms with Crippen LogP contribution < -0.4 is 4.72 Å². The minimum absolute atomic E-state index is 0.00823. The van der Waals surface area contributed by atoms with E-state index in [4.69, 9.17) is 23.2 Å². The SMILES string of the molecule is CC(Br)CCNS(=O)(=O)c1cc(Cl)ccc1Cl. The van der Waals surface area contributed by atoms with Gasteiger partial charge in [0.05, 0.1) is 5.02 Å². The Hall–Kier alpha value is 0.190. The second-order valence-corrected chi connectivity index (χ2v) is 7.68. The van der Waals surface area contributed by atoms with E-state index in [0.29, 0.717) is 18.0 Å². The van der Waals surface area contributed by atoms with Crippen LogP contribution in [0, 0.1) is 0 Å². The topological polar surface area (TPSA) is 46.2 Å². The molecule has 0 heterocycles. The molecule has 3 nitrogen and oxygen atoms in total. The summed E-state index contributed by atoms with van der Waals surface area (Å²) >= 11 is 14.9. The third-order valence-electron chi connectivity index (χ3n) is 2.02. The van der Waals surface area contributed by atoms with E-state index in [1.807, 2.05) is 6.92 Å². The minimum Gasteiger partial charge on any atom is -0.211 e. The number of nitrogens with one attached hydrogen (secondary N) is 1. The molecule has 0 aliphatic rings. The summed E-state index contributed by atoms with van der Waals surface area (Å²) in [4.78, 5) is 0.258. The average Bonchev–Trinajstić information content (AvgIpc) is 2.20. The first-order valence-electron chi connectivity index (χ1n) is 4.91. The van der Waals surface area contributed by atoms with E-state index in [1.165, 1.54) is 12.1 Å². The highest BCUT2D eigenvalue weighted by atomic mass is 79.9. The van der Waals surface area contributed by atoms with Crippen molar-refractivity contribution in [3.05, 3.63) is 28.2 Å². The predicted octanol–water partition coefficient (Wildman–Crippen LogP) is 3.45. The van der Waals surface area contributed by atoms with Gasteiger partial charge in [0, 0.05) is 16.4 Å². The second kappa shape index (κ2) is 6.38. The van der Waals surface area contributed by atoms with Crippen LogP contribution in [-0.4, -0.2) is 19.8 Å². The van der Waals surface area contributed by atoms with E-state index < -0.39 is 10.0 Å². The Morgan fingerprint density at radius 2 is 2.06 bits per heavy atom. The van der Waals surface area contributed by atoms with Crippen molar-refractivity contribution in [3.63, 3.8) is 0 Å². The number of alkyl halides is 1. The molecule has 1 atom stereocenters. The number of halogens is 3. The first kappa shape index (κ1) is 15.2. The van der Waals surface area contributed by atoms with Crippen LogP contribution in [0.5, 0.6) is 0 Å². The van der Waals surface area contributed by atoms with Gasteiger partial charge >= 0.3 is 0 Å². The summed E-state index contributed by atoms with van der Waals surface area (Å²) in [5, 5.41) is 0.498. The van der Waals surface area contributed by atoms with Crippen LogP contribution in [0.25, 0.3) is 0 Å². The zero-order chi connectivity index (χ0) is 13.1. The summed E-state index contributed by atoms with van der Waals surface area (Å²) in [5.41, 5.74) is 0. The molecule has 1 aromatic rings. The van der Waals surface area contributed by atoms with E-state index in [1.54, 1.807) is 6.07 Å². The van der Waals surface area contributed by atoms with E-state index in [9.17, 15) is 8.42 Å². The van der Waals surface area contributed by atoms with Crippen LogP contribution in [0.3, 0.4) is 0 Å². The summed E-state index contributed by atoms with van der Waals surface area (Å²) in [6.45, 7) is 2.29. The maximum Gasteiger partial charge on any atom is 0.242 e. The molecule has 7 heteroatoms. The summed E-state index contributed by atoms with van der Waals surface area (Å²) in [5.74, 6) is 0. The Kier molecular flexibility index (Phi) is 5.73. The number of benzene rings is 1. The number of hydrogen-bond acceptors (Lipinski definition) is 2. The lowest BCUT2D eigenvalue weighted by atomic mass is 10.3. The number of sulfonamides is 1. The summed E-state index contributed by atoms with van der Waals surface area (Å²) in [7, 11) is -3.60. The highest BCUT2D eigenvalue weighted by Crippen LogP contribution is 2.24. The molecule has 0 saturated heterocycles. The molecule has 96 valence electrons. The van der Waals surface area contributed by atoms with Gasteiger partial charge in [-0.05, 0) is 24.6 Å². The van der Waals surface area contributed by atoms with Crippen molar-refractivity contribution in [2.24, 2.45) is 0 Å². The van der Waals surface area contributed by atoms with Gasteiger partial charge < -0.3 is 0 Å². The van der Waals surface area contributed by atoms with Gasteiger partial charge in [-0.2, -0.15) is 0 Å². The molecule has 0 spiro atoms.